The van der Waals surface area contributed by atoms with Gasteiger partial charge < -0.3 is 0 Å². The van der Waals surface area contributed by atoms with Crippen molar-refractivity contribution in [2.75, 3.05) is 0 Å². The average molecular weight is 300 g/mol. The van der Waals surface area contributed by atoms with Crippen LogP contribution in [0.4, 0.5) is 0 Å². The van der Waals surface area contributed by atoms with Crippen molar-refractivity contribution < 1.29 is 0 Å². The third kappa shape index (κ3) is 2.05. The lowest BCUT2D eigenvalue weighted by Crippen LogP contribution is -2.15. The highest BCUT2D eigenvalue weighted by atomic mass is 14.4. The van der Waals surface area contributed by atoms with Crippen molar-refractivity contribution in [1.29, 1.82) is 0 Å². The number of benzene rings is 3. The monoisotopic (exact) mass is 300 g/mol. The van der Waals surface area contributed by atoms with E-state index in [0.29, 0.717) is 5.92 Å². The van der Waals surface area contributed by atoms with Crippen LogP contribution >= 0.6 is 0 Å². The lowest BCUT2D eigenvalue weighted by Gasteiger charge is -2.23. The van der Waals surface area contributed by atoms with Gasteiger partial charge >= 0.3 is 0 Å². The van der Waals surface area contributed by atoms with E-state index in [9.17, 15) is 0 Å². The molecule has 0 spiro atoms. The Morgan fingerprint density at radius 1 is 0.826 bits per heavy atom. The zero-order valence-electron chi connectivity index (χ0n) is 14.5. The maximum absolute atomic E-state index is 2.48. The van der Waals surface area contributed by atoms with E-state index in [2.05, 4.69) is 82.3 Å². The van der Waals surface area contributed by atoms with Crippen molar-refractivity contribution in [3.05, 3.63) is 71.3 Å². The first kappa shape index (κ1) is 14.5. The first-order valence-corrected chi connectivity index (χ1v) is 8.65. The lowest BCUT2D eigenvalue weighted by molar-refractivity contribution is 0.640. The Kier molecular flexibility index (Phi) is 3.13. The Bertz CT molecular complexity index is 897. The topological polar surface area (TPSA) is 0 Å². The van der Waals surface area contributed by atoms with Gasteiger partial charge in [-0.3, -0.25) is 0 Å². The Morgan fingerprint density at radius 3 is 2.22 bits per heavy atom. The van der Waals surface area contributed by atoms with E-state index in [4.69, 9.17) is 0 Å². The van der Waals surface area contributed by atoms with Crippen molar-refractivity contribution in [3.8, 4) is 11.1 Å². The number of hydrogen-bond donors (Lipinski definition) is 0. The summed E-state index contributed by atoms with van der Waals surface area (Å²) in [5.74, 6) is 0.670. The zero-order chi connectivity index (χ0) is 16.2. The zero-order valence-corrected chi connectivity index (χ0v) is 14.5. The van der Waals surface area contributed by atoms with Crippen molar-refractivity contribution in [2.45, 2.75) is 39.5 Å². The Labute approximate surface area is 139 Å². The molecule has 0 aliphatic heterocycles. The average Bonchev–Trinajstić information content (AvgIpc) is 2.76. The van der Waals surface area contributed by atoms with Crippen LogP contribution < -0.4 is 0 Å². The third-order valence-electron chi connectivity index (χ3n) is 5.30. The van der Waals surface area contributed by atoms with E-state index in [1.54, 1.807) is 0 Å². The van der Waals surface area contributed by atoms with Gasteiger partial charge in [-0.25, -0.2) is 0 Å². The molecule has 0 heterocycles. The van der Waals surface area contributed by atoms with Crippen LogP contribution in [0.15, 0.2) is 54.6 Å². The molecule has 0 unspecified atom stereocenters. The van der Waals surface area contributed by atoms with Crippen LogP contribution in [0.2, 0.25) is 0 Å². The molecule has 0 amide bonds. The van der Waals surface area contributed by atoms with Gasteiger partial charge in [0.15, 0.2) is 0 Å². The fourth-order valence-corrected chi connectivity index (χ4v) is 4.23. The van der Waals surface area contributed by atoms with Gasteiger partial charge in [0.1, 0.15) is 0 Å². The number of fused-ring (bicyclic) bond motifs is 5. The SMILES string of the molecule is CC(C)Cc1cc2c(c3ccccc13)-c1ccccc1C2(C)C. The first-order valence-electron chi connectivity index (χ1n) is 8.65. The minimum absolute atomic E-state index is 0.0850. The van der Waals surface area contributed by atoms with Gasteiger partial charge in [0.25, 0.3) is 0 Å². The summed E-state index contributed by atoms with van der Waals surface area (Å²) < 4.78 is 0. The fraction of sp³-hybridized carbons (Fsp3) is 0.304. The van der Waals surface area contributed by atoms with Gasteiger partial charge in [-0.2, -0.15) is 0 Å². The molecule has 0 fully saturated rings. The van der Waals surface area contributed by atoms with Crippen LogP contribution in [0, 0.1) is 5.92 Å². The summed E-state index contributed by atoms with van der Waals surface area (Å²) in [5, 5.41) is 2.84. The summed E-state index contributed by atoms with van der Waals surface area (Å²) in [4.78, 5) is 0. The van der Waals surface area contributed by atoms with E-state index in [-0.39, 0.29) is 5.41 Å². The quantitative estimate of drug-likeness (QED) is 0.517. The second kappa shape index (κ2) is 4.96. The molecule has 3 aromatic rings. The summed E-state index contributed by atoms with van der Waals surface area (Å²) in [7, 11) is 0. The molecule has 0 nitrogen and oxygen atoms in total. The normalized spacial score (nSPS) is 15.0. The molecule has 0 N–H and O–H groups in total. The van der Waals surface area contributed by atoms with Crippen LogP contribution in [0.5, 0.6) is 0 Å². The highest BCUT2D eigenvalue weighted by molar-refractivity contribution is 6.03. The minimum atomic E-state index is 0.0850. The van der Waals surface area contributed by atoms with E-state index in [1.165, 1.54) is 38.6 Å². The maximum Gasteiger partial charge on any atom is 0.0159 e. The van der Waals surface area contributed by atoms with Gasteiger partial charge in [0, 0.05) is 5.41 Å². The van der Waals surface area contributed by atoms with Crippen LogP contribution in [0.1, 0.15) is 44.4 Å². The number of rotatable bonds is 2. The van der Waals surface area contributed by atoms with Crippen molar-refractivity contribution >= 4 is 10.8 Å². The molecule has 1 aliphatic rings. The Morgan fingerprint density at radius 2 is 1.48 bits per heavy atom. The molecule has 0 saturated carbocycles. The van der Waals surface area contributed by atoms with Gasteiger partial charge in [0.2, 0.25) is 0 Å². The highest BCUT2D eigenvalue weighted by Crippen LogP contribution is 2.51. The van der Waals surface area contributed by atoms with Crippen LogP contribution in [-0.4, -0.2) is 0 Å². The molecule has 4 rings (SSSR count). The first-order chi connectivity index (χ1) is 11.0. The molecule has 0 atom stereocenters. The Balaban J connectivity index is 2.12. The maximum atomic E-state index is 2.48. The van der Waals surface area contributed by atoms with Crippen LogP contribution in [-0.2, 0) is 11.8 Å². The summed E-state index contributed by atoms with van der Waals surface area (Å²) in [6.07, 6.45) is 1.14. The van der Waals surface area contributed by atoms with Crippen molar-refractivity contribution in [2.24, 2.45) is 5.92 Å². The molecule has 1 aliphatic carbocycles. The minimum Gasteiger partial charge on any atom is -0.0625 e. The summed E-state index contributed by atoms with van der Waals surface area (Å²) in [6.45, 7) is 9.35. The highest BCUT2D eigenvalue weighted by Gasteiger charge is 2.36. The summed E-state index contributed by atoms with van der Waals surface area (Å²) in [5.41, 5.74) is 7.40. The summed E-state index contributed by atoms with van der Waals surface area (Å²) in [6, 6.07) is 20.4. The molecule has 116 valence electrons. The molecule has 0 radical (unpaired) electrons. The van der Waals surface area contributed by atoms with Crippen molar-refractivity contribution in [3.63, 3.8) is 0 Å². The molecular formula is C23H24. The van der Waals surface area contributed by atoms with Gasteiger partial charge in [-0.05, 0) is 50.9 Å². The second-order valence-electron chi connectivity index (χ2n) is 7.77. The predicted molar refractivity (Wildman–Crippen MR) is 100 cm³/mol. The molecule has 23 heavy (non-hydrogen) atoms. The standard InChI is InChI=1S/C23H24/c1-15(2)13-16-14-21-22(18-10-6-5-9-17(16)18)19-11-7-8-12-20(19)23(21,3)4/h5-12,14-15H,13H2,1-4H3. The molecular weight excluding hydrogens is 276 g/mol. The van der Waals surface area contributed by atoms with Crippen molar-refractivity contribution in [1.82, 2.24) is 0 Å². The van der Waals surface area contributed by atoms with Gasteiger partial charge in [0.05, 0.1) is 0 Å². The molecule has 0 heteroatoms. The predicted octanol–water partition coefficient (Wildman–Crippen LogP) is 6.34. The summed E-state index contributed by atoms with van der Waals surface area (Å²) >= 11 is 0. The molecule has 0 saturated heterocycles. The smallest absolute Gasteiger partial charge is 0.0159 e. The van der Waals surface area contributed by atoms with Gasteiger partial charge in [-0.15, -0.1) is 0 Å². The Hall–Kier alpha value is -2.08. The van der Waals surface area contributed by atoms with E-state index in [0.717, 1.165) is 6.42 Å². The molecule has 0 aromatic heterocycles. The van der Waals surface area contributed by atoms with Crippen LogP contribution in [0.3, 0.4) is 0 Å². The lowest BCUT2D eigenvalue weighted by atomic mass is 9.80. The largest absolute Gasteiger partial charge is 0.0625 e. The van der Waals surface area contributed by atoms with Gasteiger partial charge in [-0.1, -0.05) is 82.3 Å². The third-order valence-corrected chi connectivity index (χ3v) is 5.30. The number of hydrogen-bond acceptors (Lipinski definition) is 0. The van der Waals surface area contributed by atoms with Crippen LogP contribution in [0.25, 0.3) is 21.9 Å². The van der Waals surface area contributed by atoms with E-state index < -0.39 is 0 Å². The van der Waals surface area contributed by atoms with E-state index >= 15 is 0 Å². The van der Waals surface area contributed by atoms with E-state index in [1.807, 2.05) is 0 Å². The molecule has 0 bridgehead atoms. The second-order valence-corrected chi connectivity index (χ2v) is 7.77. The molecule has 3 aromatic carbocycles. The fourth-order valence-electron chi connectivity index (χ4n) is 4.23.